The summed E-state index contributed by atoms with van der Waals surface area (Å²) in [7, 11) is 5.04. The molecule has 0 spiro atoms. The maximum absolute atomic E-state index is 10.5. The number of hydrogen-bond acceptors (Lipinski definition) is 8. The first kappa shape index (κ1) is 30.6. The van der Waals surface area contributed by atoms with Crippen LogP contribution in [-0.2, 0) is 22.3 Å². The van der Waals surface area contributed by atoms with Gasteiger partial charge in [0.05, 0.1) is 33.5 Å². The third-order valence-corrected chi connectivity index (χ3v) is 8.13. The van der Waals surface area contributed by atoms with Crippen molar-refractivity contribution in [1.29, 1.82) is 0 Å². The van der Waals surface area contributed by atoms with E-state index in [2.05, 4.69) is 16.3 Å². The number of likely N-dealkylation sites (tertiary alicyclic amines) is 1. The number of nitrogens with one attached hydrogen (secondary N) is 1. The van der Waals surface area contributed by atoms with Gasteiger partial charge in [0, 0.05) is 38.8 Å². The molecular weight excluding hydrogens is 508 g/mol. The van der Waals surface area contributed by atoms with Gasteiger partial charge in [-0.15, -0.1) is 0 Å². The molecule has 2 aliphatic rings. The molecule has 2 aromatic rings. The monoisotopic (exact) mass is 556 g/mol. The predicted octanol–water partition coefficient (Wildman–Crippen LogP) is 3.87. The summed E-state index contributed by atoms with van der Waals surface area (Å²) in [6.07, 6.45) is 7.35. The number of aliphatic hydroxyl groups excluding tert-OH is 1. The third kappa shape index (κ3) is 9.08. The molecule has 0 radical (unpaired) electrons. The van der Waals surface area contributed by atoms with Crippen LogP contribution in [0.1, 0.15) is 43.2 Å². The molecule has 0 aromatic heterocycles. The maximum Gasteiger partial charge on any atom is 0.160 e. The molecule has 4 atom stereocenters. The van der Waals surface area contributed by atoms with Crippen LogP contribution in [0.3, 0.4) is 0 Å². The summed E-state index contributed by atoms with van der Waals surface area (Å²) >= 11 is 0. The Kier molecular flexibility index (Phi) is 12.4. The lowest BCUT2D eigenvalue weighted by molar-refractivity contribution is -0.0296. The fraction of sp³-hybridized carbons (Fsp3) is 0.625. The molecule has 1 aliphatic heterocycles. The van der Waals surface area contributed by atoms with Crippen molar-refractivity contribution in [3.05, 3.63) is 53.6 Å². The first-order chi connectivity index (χ1) is 19.6. The Labute approximate surface area is 239 Å². The van der Waals surface area contributed by atoms with Gasteiger partial charge in [0.1, 0.15) is 18.5 Å². The van der Waals surface area contributed by atoms with Crippen molar-refractivity contribution in [3.8, 4) is 17.2 Å². The summed E-state index contributed by atoms with van der Waals surface area (Å²) in [5.74, 6) is 2.29. The largest absolute Gasteiger partial charge is 0.493 e. The van der Waals surface area contributed by atoms with Crippen LogP contribution >= 0.6 is 0 Å². The summed E-state index contributed by atoms with van der Waals surface area (Å²) in [5.41, 5.74) is 2.41. The molecule has 2 aromatic carbocycles. The third-order valence-electron chi connectivity index (χ3n) is 8.13. The van der Waals surface area contributed by atoms with Crippen molar-refractivity contribution >= 4 is 0 Å². The van der Waals surface area contributed by atoms with E-state index in [4.69, 9.17) is 23.7 Å². The van der Waals surface area contributed by atoms with Crippen LogP contribution in [0.5, 0.6) is 17.2 Å². The van der Waals surface area contributed by atoms with Crippen molar-refractivity contribution in [2.24, 2.45) is 0 Å². The van der Waals surface area contributed by atoms with Gasteiger partial charge in [0.2, 0.25) is 0 Å². The van der Waals surface area contributed by atoms with Crippen molar-refractivity contribution in [2.75, 3.05) is 60.8 Å². The van der Waals surface area contributed by atoms with Crippen molar-refractivity contribution in [1.82, 2.24) is 10.2 Å². The van der Waals surface area contributed by atoms with E-state index in [0.29, 0.717) is 31.8 Å². The van der Waals surface area contributed by atoms with Gasteiger partial charge in [0.25, 0.3) is 0 Å². The average molecular weight is 557 g/mol. The lowest BCUT2D eigenvalue weighted by atomic mass is 9.91. The van der Waals surface area contributed by atoms with Gasteiger partial charge in [-0.05, 0) is 67.5 Å². The first-order valence-corrected chi connectivity index (χ1v) is 14.8. The van der Waals surface area contributed by atoms with Crippen LogP contribution in [0.2, 0.25) is 0 Å². The predicted molar refractivity (Wildman–Crippen MR) is 157 cm³/mol. The SMILES string of the molecule is COCCc1ccc(OCC(O)CN[C@@H]2CCN([C@@H]3CCCC[C@H]3OCCc3ccc(OC)c(OC)c3)C2)cc1. The standard InChI is InChI=1S/C32H48N2O6/c1-36-18-15-24-8-11-28(12-9-24)40-23-27(35)21-33-26-14-17-34(22-26)29-6-4-5-7-30(29)39-19-16-25-10-13-31(37-2)32(20-25)38-3/h8-13,20,26-27,29-30,33,35H,4-7,14-19,21-23H2,1-3H3/t26-,27?,29-,30-/m1/s1. The Morgan fingerprint density at radius 3 is 2.42 bits per heavy atom. The molecule has 8 nitrogen and oxygen atoms in total. The van der Waals surface area contributed by atoms with E-state index in [1.165, 1.54) is 30.4 Å². The number of rotatable bonds is 16. The van der Waals surface area contributed by atoms with E-state index in [9.17, 15) is 5.11 Å². The highest BCUT2D eigenvalue weighted by Gasteiger charge is 2.35. The molecule has 0 amide bonds. The number of ether oxygens (including phenoxy) is 5. The molecule has 4 rings (SSSR count). The van der Waals surface area contributed by atoms with Crippen LogP contribution in [0.15, 0.2) is 42.5 Å². The summed E-state index contributed by atoms with van der Waals surface area (Å²) in [6, 6.07) is 14.9. The Bertz CT molecular complexity index is 1000. The Morgan fingerprint density at radius 2 is 1.65 bits per heavy atom. The van der Waals surface area contributed by atoms with Crippen molar-refractivity contribution < 1.29 is 28.8 Å². The Hall–Kier alpha value is -2.36. The Morgan fingerprint density at radius 1 is 0.900 bits per heavy atom. The summed E-state index contributed by atoms with van der Waals surface area (Å²) in [4.78, 5) is 2.60. The first-order valence-electron chi connectivity index (χ1n) is 14.8. The fourth-order valence-electron chi connectivity index (χ4n) is 5.84. The lowest BCUT2D eigenvalue weighted by Gasteiger charge is -2.38. The van der Waals surface area contributed by atoms with Gasteiger partial charge >= 0.3 is 0 Å². The molecule has 1 heterocycles. The summed E-state index contributed by atoms with van der Waals surface area (Å²) in [6.45, 7) is 4.28. The molecule has 2 fully saturated rings. The van der Waals surface area contributed by atoms with Crippen LogP contribution in [0.25, 0.3) is 0 Å². The molecule has 0 bridgehead atoms. The number of hydrogen-bond donors (Lipinski definition) is 2. The van der Waals surface area contributed by atoms with E-state index in [-0.39, 0.29) is 12.7 Å². The number of benzene rings is 2. The second-order valence-electron chi connectivity index (χ2n) is 10.9. The Balaban J connectivity index is 1.16. The van der Waals surface area contributed by atoms with Crippen molar-refractivity contribution in [2.45, 2.75) is 69.2 Å². The van der Waals surface area contributed by atoms with Crippen LogP contribution in [0.4, 0.5) is 0 Å². The highest BCUT2D eigenvalue weighted by molar-refractivity contribution is 5.42. The maximum atomic E-state index is 10.5. The van der Waals surface area contributed by atoms with Gasteiger partial charge in [-0.3, -0.25) is 4.90 Å². The second-order valence-corrected chi connectivity index (χ2v) is 10.9. The molecule has 222 valence electrons. The molecular formula is C32H48N2O6. The van der Waals surface area contributed by atoms with Gasteiger partial charge in [-0.1, -0.05) is 31.0 Å². The number of aliphatic hydroxyl groups is 1. The molecule has 2 N–H and O–H groups in total. The van der Waals surface area contributed by atoms with Crippen molar-refractivity contribution in [3.63, 3.8) is 0 Å². The van der Waals surface area contributed by atoms with Gasteiger partial charge < -0.3 is 34.1 Å². The zero-order chi connectivity index (χ0) is 28.2. The smallest absolute Gasteiger partial charge is 0.160 e. The zero-order valence-electron chi connectivity index (χ0n) is 24.5. The topological polar surface area (TPSA) is 81.7 Å². The summed E-state index contributed by atoms with van der Waals surface area (Å²) in [5, 5.41) is 14.1. The van der Waals surface area contributed by atoms with Crippen LogP contribution in [0, 0.1) is 0 Å². The van der Waals surface area contributed by atoms with Gasteiger partial charge in [0.15, 0.2) is 11.5 Å². The molecule has 1 saturated carbocycles. The minimum Gasteiger partial charge on any atom is -0.493 e. The van der Waals surface area contributed by atoms with E-state index >= 15 is 0 Å². The number of methoxy groups -OCH3 is 3. The normalized spacial score (nSPS) is 22.2. The van der Waals surface area contributed by atoms with Crippen LogP contribution < -0.4 is 19.5 Å². The van der Waals surface area contributed by atoms with Gasteiger partial charge in [-0.2, -0.15) is 0 Å². The second kappa shape index (κ2) is 16.2. The minimum absolute atomic E-state index is 0.271. The van der Waals surface area contributed by atoms with E-state index < -0.39 is 6.10 Å². The zero-order valence-corrected chi connectivity index (χ0v) is 24.5. The van der Waals surface area contributed by atoms with E-state index in [1.54, 1.807) is 21.3 Å². The van der Waals surface area contributed by atoms with E-state index in [0.717, 1.165) is 56.0 Å². The quantitative estimate of drug-likeness (QED) is 0.323. The molecule has 40 heavy (non-hydrogen) atoms. The van der Waals surface area contributed by atoms with E-state index in [1.807, 2.05) is 36.4 Å². The average Bonchev–Trinajstić information content (AvgIpc) is 3.47. The van der Waals surface area contributed by atoms with Crippen LogP contribution in [-0.4, -0.2) is 95.1 Å². The number of nitrogens with zero attached hydrogens (tertiary/aromatic N) is 1. The summed E-state index contributed by atoms with van der Waals surface area (Å²) < 4.78 is 28.2. The highest BCUT2D eigenvalue weighted by Crippen LogP contribution is 2.30. The highest BCUT2D eigenvalue weighted by atomic mass is 16.5. The minimum atomic E-state index is -0.551. The molecule has 1 saturated heterocycles. The molecule has 1 unspecified atom stereocenters. The van der Waals surface area contributed by atoms with Gasteiger partial charge in [-0.25, -0.2) is 0 Å². The molecule has 1 aliphatic carbocycles. The fourth-order valence-corrected chi connectivity index (χ4v) is 5.84. The molecule has 8 heteroatoms. The lowest BCUT2D eigenvalue weighted by Crippen LogP contribution is -2.47.